The van der Waals surface area contributed by atoms with Gasteiger partial charge in [-0.15, -0.1) is 0 Å². The molecule has 1 fully saturated rings. The van der Waals surface area contributed by atoms with E-state index >= 15 is 0 Å². The lowest BCUT2D eigenvalue weighted by molar-refractivity contribution is -0.00275. The van der Waals surface area contributed by atoms with Crippen LogP contribution in [0.15, 0.2) is 0 Å². The smallest absolute Gasteiger partial charge is 0.0675 e. The largest absolute Gasteiger partial charge is 0.374 e. The van der Waals surface area contributed by atoms with Crippen LogP contribution in [-0.2, 0) is 4.74 Å². The molecule has 1 N–H and O–H groups in total. The molecule has 0 amide bonds. The Labute approximate surface area is 108 Å². The van der Waals surface area contributed by atoms with Gasteiger partial charge in [0, 0.05) is 12.6 Å². The molecular formula is C15H31NO. The predicted octanol–water partition coefficient (Wildman–Crippen LogP) is 3.75. The zero-order chi connectivity index (χ0) is 12.7. The molecule has 2 heteroatoms. The normalized spacial score (nSPS) is 21.7. The Morgan fingerprint density at radius 3 is 2.24 bits per heavy atom. The Bertz CT molecular complexity index is 187. The summed E-state index contributed by atoms with van der Waals surface area (Å²) in [6.07, 6.45) is 8.82. The molecule has 2 atom stereocenters. The Morgan fingerprint density at radius 2 is 1.65 bits per heavy atom. The molecule has 1 aliphatic carbocycles. The lowest BCUT2D eigenvalue weighted by Gasteiger charge is -2.26. The van der Waals surface area contributed by atoms with Crippen molar-refractivity contribution in [2.24, 2.45) is 5.92 Å². The third kappa shape index (κ3) is 7.05. The number of hydrogen-bond acceptors (Lipinski definition) is 2. The Morgan fingerprint density at radius 1 is 1.00 bits per heavy atom. The van der Waals surface area contributed by atoms with Crippen molar-refractivity contribution in [3.63, 3.8) is 0 Å². The van der Waals surface area contributed by atoms with Crippen LogP contribution >= 0.6 is 0 Å². The van der Waals surface area contributed by atoms with Crippen molar-refractivity contribution >= 4 is 0 Å². The summed E-state index contributed by atoms with van der Waals surface area (Å²) in [6.45, 7) is 9.90. The van der Waals surface area contributed by atoms with Gasteiger partial charge in [0.05, 0.1) is 12.2 Å². The van der Waals surface area contributed by atoms with E-state index in [0.717, 1.165) is 24.9 Å². The molecule has 1 saturated carbocycles. The van der Waals surface area contributed by atoms with E-state index in [2.05, 4.69) is 33.0 Å². The van der Waals surface area contributed by atoms with Crippen LogP contribution in [0.25, 0.3) is 0 Å². The third-order valence-corrected chi connectivity index (χ3v) is 3.57. The molecule has 0 aromatic rings. The van der Waals surface area contributed by atoms with Crippen LogP contribution in [0.5, 0.6) is 0 Å². The highest BCUT2D eigenvalue weighted by Crippen LogP contribution is 2.17. The average Bonchev–Trinajstić information content (AvgIpc) is 2.26. The SMILES string of the molecule is CC(C)CC(C)OC(C)CNC1CCCCC1. The fourth-order valence-electron chi connectivity index (χ4n) is 2.80. The highest BCUT2D eigenvalue weighted by Gasteiger charge is 2.15. The fraction of sp³-hybridized carbons (Fsp3) is 1.00. The van der Waals surface area contributed by atoms with Crippen molar-refractivity contribution in [2.75, 3.05) is 6.54 Å². The second-order valence-corrected chi connectivity index (χ2v) is 6.13. The van der Waals surface area contributed by atoms with E-state index in [0.29, 0.717) is 12.2 Å². The molecule has 17 heavy (non-hydrogen) atoms. The summed E-state index contributed by atoms with van der Waals surface area (Å²) in [5, 5.41) is 3.66. The first-order valence-electron chi connectivity index (χ1n) is 7.46. The summed E-state index contributed by atoms with van der Waals surface area (Å²) in [5.74, 6) is 0.725. The van der Waals surface area contributed by atoms with Crippen molar-refractivity contribution in [1.29, 1.82) is 0 Å². The predicted molar refractivity (Wildman–Crippen MR) is 74.3 cm³/mol. The van der Waals surface area contributed by atoms with Gasteiger partial charge in [-0.25, -0.2) is 0 Å². The second-order valence-electron chi connectivity index (χ2n) is 6.13. The summed E-state index contributed by atoms with van der Waals surface area (Å²) in [4.78, 5) is 0. The van der Waals surface area contributed by atoms with Crippen LogP contribution in [-0.4, -0.2) is 24.8 Å². The maximum Gasteiger partial charge on any atom is 0.0675 e. The molecule has 0 saturated heterocycles. The number of ether oxygens (including phenoxy) is 1. The van der Waals surface area contributed by atoms with Gasteiger partial charge in [0.1, 0.15) is 0 Å². The van der Waals surface area contributed by atoms with Crippen LogP contribution in [0.4, 0.5) is 0 Å². The van der Waals surface area contributed by atoms with E-state index in [4.69, 9.17) is 4.74 Å². The molecular weight excluding hydrogens is 210 g/mol. The van der Waals surface area contributed by atoms with Crippen molar-refractivity contribution in [2.45, 2.75) is 84.5 Å². The first-order chi connectivity index (χ1) is 8.08. The molecule has 1 rings (SSSR count). The van der Waals surface area contributed by atoms with E-state index in [1.807, 2.05) is 0 Å². The van der Waals surface area contributed by atoms with Gasteiger partial charge < -0.3 is 10.1 Å². The molecule has 0 radical (unpaired) electrons. The fourth-order valence-corrected chi connectivity index (χ4v) is 2.80. The first-order valence-corrected chi connectivity index (χ1v) is 7.46. The molecule has 0 bridgehead atoms. The van der Waals surface area contributed by atoms with Gasteiger partial charge in [0.25, 0.3) is 0 Å². The Hall–Kier alpha value is -0.0800. The third-order valence-electron chi connectivity index (χ3n) is 3.57. The molecule has 2 nitrogen and oxygen atoms in total. The quantitative estimate of drug-likeness (QED) is 0.733. The molecule has 0 aliphatic heterocycles. The molecule has 2 unspecified atom stereocenters. The zero-order valence-corrected chi connectivity index (χ0v) is 12.2. The van der Waals surface area contributed by atoms with Crippen LogP contribution in [0.1, 0.15) is 66.2 Å². The van der Waals surface area contributed by atoms with E-state index in [-0.39, 0.29) is 0 Å². The van der Waals surface area contributed by atoms with Crippen molar-refractivity contribution in [1.82, 2.24) is 5.32 Å². The molecule has 1 aliphatic rings. The van der Waals surface area contributed by atoms with E-state index < -0.39 is 0 Å². The minimum absolute atomic E-state index is 0.339. The molecule has 0 aromatic heterocycles. The van der Waals surface area contributed by atoms with Gasteiger partial charge in [-0.3, -0.25) is 0 Å². The Balaban J connectivity index is 2.09. The minimum atomic E-state index is 0.339. The summed E-state index contributed by atoms with van der Waals surface area (Å²) in [5.41, 5.74) is 0. The number of rotatable bonds is 7. The Kier molecular flexibility index (Phi) is 7.14. The monoisotopic (exact) mass is 241 g/mol. The number of hydrogen-bond donors (Lipinski definition) is 1. The summed E-state index contributed by atoms with van der Waals surface area (Å²) in [7, 11) is 0. The standard InChI is InChI=1S/C15H31NO/c1-12(2)10-13(3)17-14(4)11-16-15-8-6-5-7-9-15/h12-16H,5-11H2,1-4H3. The topological polar surface area (TPSA) is 21.3 Å². The van der Waals surface area contributed by atoms with Gasteiger partial charge in [-0.2, -0.15) is 0 Å². The van der Waals surface area contributed by atoms with Gasteiger partial charge in [0.2, 0.25) is 0 Å². The van der Waals surface area contributed by atoms with E-state index in [9.17, 15) is 0 Å². The first kappa shape index (κ1) is 15.0. The highest BCUT2D eigenvalue weighted by atomic mass is 16.5. The maximum atomic E-state index is 5.99. The second kappa shape index (κ2) is 8.10. The average molecular weight is 241 g/mol. The lowest BCUT2D eigenvalue weighted by atomic mass is 9.95. The van der Waals surface area contributed by atoms with E-state index in [1.165, 1.54) is 32.1 Å². The van der Waals surface area contributed by atoms with Crippen molar-refractivity contribution in [3.8, 4) is 0 Å². The summed E-state index contributed by atoms with van der Waals surface area (Å²) in [6, 6.07) is 0.746. The van der Waals surface area contributed by atoms with Crippen LogP contribution in [0, 0.1) is 5.92 Å². The maximum absolute atomic E-state index is 5.99. The van der Waals surface area contributed by atoms with Crippen LogP contribution in [0.3, 0.4) is 0 Å². The number of nitrogens with one attached hydrogen (secondary N) is 1. The summed E-state index contributed by atoms with van der Waals surface area (Å²) < 4.78 is 5.99. The van der Waals surface area contributed by atoms with Crippen molar-refractivity contribution in [3.05, 3.63) is 0 Å². The zero-order valence-electron chi connectivity index (χ0n) is 12.2. The molecule has 0 spiro atoms. The van der Waals surface area contributed by atoms with Crippen LogP contribution < -0.4 is 5.32 Å². The lowest BCUT2D eigenvalue weighted by Crippen LogP contribution is -2.37. The van der Waals surface area contributed by atoms with Gasteiger partial charge in [-0.1, -0.05) is 33.1 Å². The molecule has 0 heterocycles. The van der Waals surface area contributed by atoms with Crippen molar-refractivity contribution < 1.29 is 4.74 Å². The van der Waals surface area contributed by atoms with Gasteiger partial charge in [0.15, 0.2) is 0 Å². The van der Waals surface area contributed by atoms with Crippen LogP contribution in [0.2, 0.25) is 0 Å². The minimum Gasteiger partial charge on any atom is -0.374 e. The van der Waals surface area contributed by atoms with Gasteiger partial charge in [-0.05, 0) is 39.0 Å². The summed E-state index contributed by atoms with van der Waals surface area (Å²) >= 11 is 0. The highest BCUT2D eigenvalue weighted by molar-refractivity contribution is 4.73. The molecule has 0 aromatic carbocycles. The van der Waals surface area contributed by atoms with E-state index in [1.54, 1.807) is 0 Å². The molecule has 102 valence electrons. The van der Waals surface area contributed by atoms with Gasteiger partial charge >= 0.3 is 0 Å².